The van der Waals surface area contributed by atoms with Crippen LogP contribution in [0.3, 0.4) is 0 Å². The van der Waals surface area contributed by atoms with Crippen molar-refractivity contribution in [1.29, 1.82) is 0 Å². The Hall–Kier alpha value is -6.43. The van der Waals surface area contributed by atoms with Crippen LogP contribution in [0, 0.1) is 29.1 Å². The summed E-state index contributed by atoms with van der Waals surface area (Å²) in [5.74, 6) is 5.88. The van der Waals surface area contributed by atoms with Crippen LogP contribution in [-0.2, 0) is 25.7 Å². The van der Waals surface area contributed by atoms with Crippen molar-refractivity contribution in [3.05, 3.63) is 222 Å². The molecule has 5 unspecified atom stereocenters. The van der Waals surface area contributed by atoms with Crippen molar-refractivity contribution in [2.24, 2.45) is 29.1 Å². The lowest BCUT2D eigenvalue weighted by atomic mass is 9.49. The normalized spacial score (nSPS) is 20.8. The highest BCUT2D eigenvalue weighted by molar-refractivity contribution is 7.97. The first-order valence-electron chi connectivity index (χ1n) is 30.7. The van der Waals surface area contributed by atoms with E-state index in [2.05, 4.69) is 169 Å². The molecule has 12 rings (SSSR count). The summed E-state index contributed by atoms with van der Waals surface area (Å²) in [6, 6.07) is 60.7. The topological polar surface area (TPSA) is 122 Å². The number of carbonyl (C=O) groups excluding carboxylic acids is 1. The maximum absolute atomic E-state index is 12.1. The van der Waals surface area contributed by atoms with E-state index in [4.69, 9.17) is 19.3 Å². The Morgan fingerprint density at radius 1 is 0.583 bits per heavy atom. The Bertz CT molecular complexity index is 3090. The van der Waals surface area contributed by atoms with Crippen molar-refractivity contribution in [3.63, 3.8) is 0 Å². The molecule has 8 nitrogen and oxygen atoms in total. The number of esters is 1. The number of carbonyl (C=O) groups is 1. The minimum atomic E-state index is -4.74. The molecule has 0 amide bonds. The second-order valence-corrected chi connectivity index (χ2v) is 27.2. The fourth-order valence-corrected chi connectivity index (χ4v) is 15.5. The average molecular weight is 1170 g/mol. The van der Waals surface area contributed by atoms with E-state index in [0.717, 1.165) is 60.5 Å². The summed E-state index contributed by atoms with van der Waals surface area (Å²) in [5, 5.41) is 9.01. The van der Waals surface area contributed by atoms with Crippen LogP contribution in [-0.4, -0.2) is 36.9 Å². The molecule has 0 saturated heterocycles. The zero-order chi connectivity index (χ0) is 59.5. The third kappa shape index (κ3) is 17.8. The molecule has 7 aromatic carbocycles. The second kappa shape index (κ2) is 31.1. The van der Waals surface area contributed by atoms with E-state index in [-0.39, 0.29) is 28.2 Å². The van der Waals surface area contributed by atoms with E-state index in [1.54, 1.807) is 24.3 Å². The zero-order valence-corrected chi connectivity index (χ0v) is 51.8. The summed E-state index contributed by atoms with van der Waals surface area (Å²) >= 11 is 0. The molecule has 5 aliphatic carbocycles. The third-order valence-electron chi connectivity index (χ3n) is 17.7. The standard InChI is InChI=1S/C29H42O2.C18H15S.C17H18O5S.C10H14O/c1-3-21(2)26-9-11-27(12-10-26)31-28(30-14-13-22-7-5-4-6-8-22)29-18-23-15-24(19-29)17-25(16-23)20-29;1-4-10-16(11-5-1)19(17-12-6-2-7-13-17)18-14-8-3-9-15-18;1-3-12(2)13-8-10-14(11-9-13)22-17(18)15-6-4-5-7-16(15)23(19,20)21;1-3-8(2)9-4-6-10(11)7-5-9/h4-5,9-12,21-25,28H,3,6-8,13-20H2,1-2H3;1-15H;4-12H,3H2,1-2H3,(H,19,20,21);4-8,11H,3H2,1-2H3/q;+1;;/p-1. The number of benzene rings is 7. The summed E-state index contributed by atoms with van der Waals surface area (Å²) in [5.41, 5.74) is 3.80. The van der Waals surface area contributed by atoms with Gasteiger partial charge in [-0.3, -0.25) is 0 Å². The van der Waals surface area contributed by atoms with Gasteiger partial charge in [0.25, 0.3) is 0 Å². The fourth-order valence-electron chi connectivity index (χ4n) is 12.7. The molecule has 4 bridgehead atoms. The molecule has 0 aliphatic heterocycles. The molecule has 0 heterocycles. The monoisotopic (exact) mass is 1170 g/mol. The Morgan fingerprint density at radius 3 is 1.44 bits per heavy atom. The number of hydrogen-bond donors (Lipinski definition) is 1. The van der Waals surface area contributed by atoms with Crippen molar-refractivity contribution >= 4 is 27.0 Å². The maximum Gasteiger partial charge on any atom is 0.344 e. The van der Waals surface area contributed by atoms with Crippen LogP contribution in [0.5, 0.6) is 17.2 Å². The minimum Gasteiger partial charge on any atom is -0.744 e. The molecule has 10 heteroatoms. The van der Waals surface area contributed by atoms with E-state index in [1.165, 1.54) is 115 Å². The molecule has 7 aromatic rings. The Morgan fingerprint density at radius 2 is 1.01 bits per heavy atom. The van der Waals surface area contributed by atoms with Crippen molar-refractivity contribution in [2.75, 3.05) is 6.61 Å². The van der Waals surface area contributed by atoms with Gasteiger partial charge < -0.3 is 23.9 Å². The predicted octanol–water partition coefficient (Wildman–Crippen LogP) is 18.9. The first-order chi connectivity index (χ1) is 40.6. The SMILES string of the molecule is CCC(C)c1ccc(O)cc1.CCC(C)c1ccc(OC(=O)c2ccccc2S(=O)(=O)[O-])cc1.CCC(C)c1ccc(OC(OCCC2CC=CCC2)C23CC4CC(CC(C4)C2)C3)cc1.c1ccc([S+](c2ccccc2)c2ccccc2)cc1. The van der Waals surface area contributed by atoms with Crippen molar-refractivity contribution in [2.45, 2.75) is 169 Å². The molecule has 5 atom stereocenters. The van der Waals surface area contributed by atoms with Crippen LogP contribution in [0.15, 0.2) is 220 Å². The van der Waals surface area contributed by atoms with Crippen molar-refractivity contribution < 1.29 is 37.1 Å². The van der Waals surface area contributed by atoms with E-state index in [0.29, 0.717) is 29.3 Å². The van der Waals surface area contributed by atoms with E-state index < -0.39 is 21.0 Å². The lowest BCUT2D eigenvalue weighted by Gasteiger charge is -2.58. The van der Waals surface area contributed by atoms with Crippen LogP contribution in [0.25, 0.3) is 0 Å². The first-order valence-corrected chi connectivity index (χ1v) is 33.4. The number of aromatic hydroxyl groups is 1. The van der Waals surface area contributed by atoms with Crippen LogP contribution in [0.1, 0.15) is 170 Å². The highest BCUT2D eigenvalue weighted by Gasteiger charge is 2.56. The lowest BCUT2D eigenvalue weighted by Crippen LogP contribution is -2.54. The molecule has 4 saturated carbocycles. The Kier molecular flexibility index (Phi) is 23.5. The smallest absolute Gasteiger partial charge is 0.344 e. The zero-order valence-electron chi connectivity index (χ0n) is 50.2. The lowest BCUT2D eigenvalue weighted by molar-refractivity contribution is -0.216. The van der Waals surface area contributed by atoms with Crippen LogP contribution >= 0.6 is 0 Å². The van der Waals surface area contributed by atoms with Gasteiger partial charge in [-0.15, -0.1) is 0 Å². The number of phenolic OH excluding ortho intramolecular Hbond substituents is 1. The third-order valence-corrected chi connectivity index (χ3v) is 20.8. The summed E-state index contributed by atoms with van der Waals surface area (Å²) < 4.78 is 52.2. The summed E-state index contributed by atoms with van der Waals surface area (Å²) in [7, 11) is -4.76. The number of allylic oxidation sites excluding steroid dienone is 2. The Labute approximate surface area is 505 Å². The van der Waals surface area contributed by atoms with Gasteiger partial charge in [0.2, 0.25) is 6.29 Å². The molecule has 84 heavy (non-hydrogen) atoms. The first kappa shape index (κ1) is 63.6. The van der Waals surface area contributed by atoms with Gasteiger partial charge in [0, 0.05) is 5.41 Å². The van der Waals surface area contributed by atoms with Gasteiger partial charge >= 0.3 is 5.97 Å². The van der Waals surface area contributed by atoms with Crippen LogP contribution in [0.4, 0.5) is 0 Å². The number of ether oxygens (including phenoxy) is 3. The average Bonchev–Trinajstić information content (AvgIpc) is 1.14. The van der Waals surface area contributed by atoms with E-state index in [9.17, 15) is 17.8 Å². The molecule has 4 fully saturated rings. The van der Waals surface area contributed by atoms with Crippen LogP contribution < -0.4 is 9.47 Å². The summed E-state index contributed by atoms with van der Waals surface area (Å²) in [6.45, 7) is 13.9. The quantitative estimate of drug-likeness (QED) is 0.0212. The number of phenols is 1. The number of hydrogen-bond acceptors (Lipinski definition) is 8. The van der Waals surface area contributed by atoms with Gasteiger partial charge in [-0.2, -0.15) is 0 Å². The minimum absolute atomic E-state index is 0.0146. The van der Waals surface area contributed by atoms with Gasteiger partial charge in [-0.1, -0.05) is 157 Å². The van der Waals surface area contributed by atoms with Gasteiger partial charge in [0.1, 0.15) is 27.4 Å². The van der Waals surface area contributed by atoms with Crippen molar-refractivity contribution in [1.82, 2.24) is 0 Å². The molecule has 1 N–H and O–H groups in total. The summed E-state index contributed by atoms with van der Waals surface area (Å²) in [4.78, 5) is 15.6. The fraction of sp³-hybridized carbons (Fsp3) is 0.392. The predicted molar refractivity (Wildman–Crippen MR) is 340 cm³/mol. The number of rotatable bonds is 19. The molecule has 0 spiro atoms. The van der Waals surface area contributed by atoms with Gasteiger partial charge in [-0.05, 0) is 227 Å². The highest BCUT2D eigenvalue weighted by atomic mass is 32.2. The largest absolute Gasteiger partial charge is 0.744 e. The van der Waals surface area contributed by atoms with Gasteiger partial charge in [0.15, 0.2) is 14.7 Å². The van der Waals surface area contributed by atoms with Crippen LogP contribution in [0.2, 0.25) is 0 Å². The van der Waals surface area contributed by atoms with Gasteiger partial charge in [0.05, 0.1) is 28.0 Å². The molecular weight excluding hydrogens is 1080 g/mol. The molecule has 0 aromatic heterocycles. The molecular formula is C74H88O8S2. The van der Waals surface area contributed by atoms with E-state index in [1.807, 2.05) is 24.3 Å². The highest BCUT2D eigenvalue weighted by Crippen LogP contribution is 2.62. The second-order valence-electron chi connectivity index (χ2n) is 23.8. The summed E-state index contributed by atoms with van der Waals surface area (Å²) in [6.07, 6.45) is 21.2. The maximum atomic E-state index is 12.1. The Balaban J connectivity index is 0.000000154. The molecule has 5 aliphatic rings. The van der Waals surface area contributed by atoms with Crippen molar-refractivity contribution in [3.8, 4) is 17.2 Å². The molecule has 0 radical (unpaired) electrons. The molecule has 444 valence electrons. The van der Waals surface area contributed by atoms with Gasteiger partial charge in [-0.25, -0.2) is 13.2 Å². The van der Waals surface area contributed by atoms with E-state index >= 15 is 0 Å².